The maximum atomic E-state index is 13.3. The molecule has 0 aliphatic carbocycles. The first-order chi connectivity index (χ1) is 5.68. The molecule has 0 saturated heterocycles. The number of fused-ring (bicyclic) bond motifs is 1. The van der Waals surface area contributed by atoms with E-state index in [0.717, 1.165) is 8.27 Å². The summed E-state index contributed by atoms with van der Waals surface area (Å²) < 4.78 is 16.0. The zero-order valence-corrected chi connectivity index (χ0v) is 10.3. The zero-order valence-electron chi connectivity index (χ0n) is 5.77. The standard InChI is InChI=1S/C8H3BrFIS/c9-8-7(10)5-2-1-4(11)3-6(5)12-8/h1-3H. The summed E-state index contributed by atoms with van der Waals surface area (Å²) >= 11 is 6.82. The average Bonchev–Trinajstić information content (AvgIpc) is 2.28. The van der Waals surface area contributed by atoms with E-state index in [1.165, 1.54) is 11.3 Å². The lowest BCUT2D eigenvalue weighted by Crippen LogP contribution is -1.71. The van der Waals surface area contributed by atoms with E-state index in [4.69, 9.17) is 0 Å². The second-order valence-electron chi connectivity index (χ2n) is 2.33. The Morgan fingerprint density at radius 3 is 2.92 bits per heavy atom. The quantitative estimate of drug-likeness (QED) is 0.613. The van der Waals surface area contributed by atoms with Gasteiger partial charge >= 0.3 is 0 Å². The van der Waals surface area contributed by atoms with Crippen molar-refractivity contribution < 1.29 is 4.39 Å². The van der Waals surface area contributed by atoms with Gasteiger partial charge in [-0.1, -0.05) is 0 Å². The summed E-state index contributed by atoms with van der Waals surface area (Å²) in [5.41, 5.74) is 0. The number of hydrogen-bond donors (Lipinski definition) is 0. The number of hydrogen-bond acceptors (Lipinski definition) is 1. The van der Waals surface area contributed by atoms with Crippen molar-refractivity contribution in [1.82, 2.24) is 0 Å². The first-order valence-corrected chi connectivity index (χ1v) is 5.90. The van der Waals surface area contributed by atoms with Crippen molar-refractivity contribution in [3.8, 4) is 0 Å². The van der Waals surface area contributed by atoms with Gasteiger partial charge in [0.15, 0.2) is 5.82 Å². The van der Waals surface area contributed by atoms with Crippen molar-refractivity contribution in [3.63, 3.8) is 0 Å². The van der Waals surface area contributed by atoms with Crippen LogP contribution in [0.3, 0.4) is 0 Å². The van der Waals surface area contributed by atoms with Crippen molar-refractivity contribution in [2.45, 2.75) is 0 Å². The van der Waals surface area contributed by atoms with Crippen LogP contribution in [-0.2, 0) is 0 Å². The van der Waals surface area contributed by atoms with Crippen LogP contribution in [0.2, 0.25) is 0 Å². The summed E-state index contributed by atoms with van der Waals surface area (Å²) in [6, 6.07) is 5.70. The van der Waals surface area contributed by atoms with Gasteiger partial charge < -0.3 is 0 Å². The molecular weight excluding hydrogens is 354 g/mol. The lowest BCUT2D eigenvalue weighted by atomic mass is 10.3. The van der Waals surface area contributed by atoms with Gasteiger partial charge in [-0.3, -0.25) is 0 Å². The summed E-state index contributed by atoms with van der Waals surface area (Å²) in [7, 11) is 0. The third kappa shape index (κ3) is 1.40. The maximum absolute atomic E-state index is 13.3. The second kappa shape index (κ2) is 3.23. The predicted molar refractivity (Wildman–Crippen MR) is 62.2 cm³/mol. The normalized spacial score (nSPS) is 10.9. The Morgan fingerprint density at radius 2 is 2.17 bits per heavy atom. The van der Waals surface area contributed by atoms with E-state index in [1.807, 2.05) is 18.2 Å². The van der Waals surface area contributed by atoms with Crippen LogP contribution in [0, 0.1) is 9.39 Å². The van der Waals surface area contributed by atoms with Crippen LogP contribution in [0.1, 0.15) is 0 Å². The van der Waals surface area contributed by atoms with Crippen molar-refractivity contribution in [3.05, 3.63) is 31.4 Å². The van der Waals surface area contributed by atoms with Crippen LogP contribution in [0.25, 0.3) is 10.1 Å². The van der Waals surface area contributed by atoms with Gasteiger partial charge in [0.05, 0.1) is 0 Å². The molecule has 0 aliphatic heterocycles. The first kappa shape index (κ1) is 8.90. The highest BCUT2D eigenvalue weighted by Crippen LogP contribution is 2.34. The minimum Gasteiger partial charge on any atom is -0.204 e. The maximum Gasteiger partial charge on any atom is 0.156 e. The average molecular weight is 357 g/mol. The van der Waals surface area contributed by atoms with E-state index in [-0.39, 0.29) is 5.82 Å². The zero-order chi connectivity index (χ0) is 8.72. The molecule has 0 N–H and O–H groups in total. The number of thiophene rings is 1. The topological polar surface area (TPSA) is 0 Å². The molecule has 1 aromatic carbocycles. The Bertz CT molecular complexity index is 438. The molecule has 1 aromatic heterocycles. The predicted octanol–water partition coefficient (Wildman–Crippen LogP) is 4.41. The number of benzene rings is 1. The van der Waals surface area contributed by atoms with Gasteiger partial charge in [-0.05, 0) is 56.7 Å². The van der Waals surface area contributed by atoms with E-state index in [1.54, 1.807) is 0 Å². The lowest BCUT2D eigenvalue weighted by Gasteiger charge is -1.89. The van der Waals surface area contributed by atoms with Gasteiger partial charge in [-0.15, -0.1) is 11.3 Å². The fourth-order valence-electron chi connectivity index (χ4n) is 1.01. The molecule has 2 aromatic rings. The van der Waals surface area contributed by atoms with Gasteiger partial charge in [0, 0.05) is 13.7 Å². The van der Waals surface area contributed by atoms with Crippen LogP contribution < -0.4 is 0 Å². The number of rotatable bonds is 0. The smallest absolute Gasteiger partial charge is 0.156 e. The summed E-state index contributed by atoms with van der Waals surface area (Å²) in [5, 5.41) is 0.701. The molecule has 0 amide bonds. The third-order valence-electron chi connectivity index (χ3n) is 1.55. The van der Waals surface area contributed by atoms with E-state index in [2.05, 4.69) is 38.5 Å². The summed E-state index contributed by atoms with van der Waals surface area (Å²) in [6.45, 7) is 0. The molecule has 4 heteroatoms. The molecule has 0 saturated carbocycles. The molecule has 1 heterocycles. The highest BCUT2D eigenvalue weighted by molar-refractivity contribution is 14.1. The second-order valence-corrected chi connectivity index (χ2v) is 5.95. The Hall–Kier alpha value is 0.320. The Labute approximate surface area is 95.0 Å². The van der Waals surface area contributed by atoms with E-state index < -0.39 is 0 Å². The van der Waals surface area contributed by atoms with Crippen molar-refractivity contribution >= 4 is 59.9 Å². The minimum atomic E-state index is -0.147. The fraction of sp³-hybridized carbons (Fsp3) is 0. The van der Waals surface area contributed by atoms with Gasteiger partial charge in [-0.2, -0.15) is 0 Å². The van der Waals surface area contributed by atoms with Crippen LogP contribution in [0.4, 0.5) is 4.39 Å². The highest BCUT2D eigenvalue weighted by atomic mass is 127. The van der Waals surface area contributed by atoms with Crippen LogP contribution in [-0.4, -0.2) is 0 Å². The molecule has 62 valence electrons. The molecule has 0 fully saturated rings. The van der Waals surface area contributed by atoms with Gasteiger partial charge in [-0.25, -0.2) is 4.39 Å². The SMILES string of the molecule is Fc1c(Br)sc2cc(I)ccc12. The summed E-state index contributed by atoms with van der Waals surface area (Å²) in [6.07, 6.45) is 0. The van der Waals surface area contributed by atoms with Crippen molar-refractivity contribution in [2.75, 3.05) is 0 Å². The third-order valence-corrected chi connectivity index (χ3v) is 3.97. The van der Waals surface area contributed by atoms with Crippen LogP contribution >= 0.6 is 49.9 Å². The summed E-state index contributed by atoms with van der Waals surface area (Å²) in [4.78, 5) is 0. The number of halogens is 3. The first-order valence-electron chi connectivity index (χ1n) is 3.21. The molecule has 0 nitrogen and oxygen atoms in total. The van der Waals surface area contributed by atoms with Crippen molar-refractivity contribution in [1.29, 1.82) is 0 Å². The van der Waals surface area contributed by atoms with Gasteiger partial charge in [0.25, 0.3) is 0 Å². The van der Waals surface area contributed by atoms with E-state index >= 15 is 0 Å². The van der Waals surface area contributed by atoms with Gasteiger partial charge in [0.1, 0.15) is 3.79 Å². The Morgan fingerprint density at radius 1 is 1.42 bits per heavy atom. The molecule has 0 atom stereocenters. The fourth-order valence-corrected chi connectivity index (χ4v) is 3.29. The van der Waals surface area contributed by atoms with Crippen LogP contribution in [0.5, 0.6) is 0 Å². The van der Waals surface area contributed by atoms with E-state index in [9.17, 15) is 4.39 Å². The molecule has 0 spiro atoms. The van der Waals surface area contributed by atoms with E-state index in [0.29, 0.717) is 9.17 Å². The van der Waals surface area contributed by atoms with Crippen LogP contribution in [0.15, 0.2) is 22.0 Å². The Kier molecular flexibility index (Phi) is 2.39. The summed E-state index contributed by atoms with van der Waals surface area (Å²) in [5.74, 6) is -0.147. The molecule has 0 bridgehead atoms. The van der Waals surface area contributed by atoms with Gasteiger partial charge in [0.2, 0.25) is 0 Å². The minimum absolute atomic E-state index is 0.147. The highest BCUT2D eigenvalue weighted by Gasteiger charge is 2.08. The molecule has 0 radical (unpaired) electrons. The lowest BCUT2D eigenvalue weighted by molar-refractivity contribution is 0.639. The molecule has 0 aliphatic rings. The molecule has 0 unspecified atom stereocenters. The molecular formula is C8H3BrFIS. The monoisotopic (exact) mass is 356 g/mol. The molecule has 12 heavy (non-hydrogen) atoms. The molecule has 2 rings (SSSR count). The van der Waals surface area contributed by atoms with Crippen molar-refractivity contribution in [2.24, 2.45) is 0 Å². The Balaban J connectivity index is 2.87. The largest absolute Gasteiger partial charge is 0.204 e.